The molecule has 0 unspecified atom stereocenters. The third kappa shape index (κ3) is 3.63. The average Bonchev–Trinajstić information content (AvgIpc) is 2.67. The molecule has 0 atom stereocenters. The molecule has 0 bridgehead atoms. The lowest BCUT2D eigenvalue weighted by atomic mass is 10.0. The topological polar surface area (TPSA) is 35.5 Å². The first-order valence-electron chi connectivity index (χ1n) is 7.72. The van der Waals surface area contributed by atoms with Gasteiger partial charge in [-0.15, -0.1) is 0 Å². The van der Waals surface area contributed by atoms with Crippen LogP contribution in [0.2, 0.25) is 0 Å². The van der Waals surface area contributed by atoms with E-state index in [1.54, 1.807) is 37.4 Å². The van der Waals surface area contributed by atoms with Crippen molar-refractivity contribution in [3.63, 3.8) is 0 Å². The number of carbonyl (C=O) groups excluding carboxylic acids is 1. The van der Waals surface area contributed by atoms with E-state index in [9.17, 15) is 4.79 Å². The highest BCUT2D eigenvalue weighted by Gasteiger charge is 2.15. The van der Waals surface area contributed by atoms with E-state index in [1.807, 2.05) is 48.5 Å². The molecule has 0 amide bonds. The minimum absolute atomic E-state index is 0.0682. The van der Waals surface area contributed by atoms with Crippen molar-refractivity contribution < 1.29 is 14.3 Å². The zero-order valence-electron chi connectivity index (χ0n) is 13.4. The van der Waals surface area contributed by atoms with Crippen LogP contribution in [0.3, 0.4) is 0 Å². The van der Waals surface area contributed by atoms with Crippen LogP contribution in [-0.4, -0.2) is 12.9 Å². The predicted octanol–water partition coefficient (Wildman–Crippen LogP) is 4.51. The summed E-state index contributed by atoms with van der Waals surface area (Å²) in [6.45, 7) is 0.392. The molecule has 3 aromatic rings. The van der Waals surface area contributed by atoms with Gasteiger partial charge in [0.1, 0.15) is 18.1 Å². The first kappa shape index (κ1) is 15.8. The van der Waals surface area contributed by atoms with Crippen LogP contribution in [0.4, 0.5) is 0 Å². The van der Waals surface area contributed by atoms with Crippen molar-refractivity contribution in [3.8, 4) is 11.5 Å². The molecular weight excluding hydrogens is 300 g/mol. The Morgan fingerprint density at radius 2 is 1.54 bits per heavy atom. The molecule has 0 saturated heterocycles. The summed E-state index contributed by atoms with van der Waals surface area (Å²) in [6.07, 6.45) is 0. The van der Waals surface area contributed by atoms with Gasteiger partial charge < -0.3 is 9.47 Å². The van der Waals surface area contributed by atoms with Crippen molar-refractivity contribution in [2.75, 3.05) is 7.11 Å². The lowest BCUT2D eigenvalue weighted by Gasteiger charge is -2.12. The Hall–Kier alpha value is -3.07. The molecule has 0 N–H and O–H groups in total. The Kier molecular flexibility index (Phi) is 4.92. The average molecular weight is 318 g/mol. The van der Waals surface area contributed by atoms with E-state index in [0.29, 0.717) is 29.2 Å². The minimum atomic E-state index is -0.0682. The molecule has 24 heavy (non-hydrogen) atoms. The SMILES string of the molecule is COc1ccc(C(=O)c2ccccc2)c(OCc2ccccc2)c1. The van der Waals surface area contributed by atoms with Crippen molar-refractivity contribution >= 4 is 5.78 Å². The number of ether oxygens (including phenoxy) is 2. The molecule has 0 aliphatic heterocycles. The number of hydrogen-bond donors (Lipinski definition) is 0. The second-order valence-corrected chi connectivity index (χ2v) is 5.33. The van der Waals surface area contributed by atoms with E-state index >= 15 is 0 Å². The zero-order chi connectivity index (χ0) is 16.8. The monoisotopic (exact) mass is 318 g/mol. The maximum Gasteiger partial charge on any atom is 0.196 e. The molecule has 0 aliphatic carbocycles. The number of methoxy groups -OCH3 is 1. The molecule has 0 spiro atoms. The summed E-state index contributed by atoms with van der Waals surface area (Å²) in [7, 11) is 1.59. The van der Waals surface area contributed by atoms with Crippen LogP contribution in [-0.2, 0) is 6.61 Å². The summed E-state index contributed by atoms with van der Waals surface area (Å²) in [5.41, 5.74) is 2.20. The summed E-state index contributed by atoms with van der Waals surface area (Å²) in [6, 6.07) is 24.3. The zero-order valence-corrected chi connectivity index (χ0v) is 13.4. The van der Waals surface area contributed by atoms with Gasteiger partial charge in [-0.1, -0.05) is 60.7 Å². The van der Waals surface area contributed by atoms with Crippen LogP contribution >= 0.6 is 0 Å². The first-order chi connectivity index (χ1) is 11.8. The highest BCUT2D eigenvalue weighted by Crippen LogP contribution is 2.27. The third-order valence-electron chi connectivity index (χ3n) is 3.71. The van der Waals surface area contributed by atoms with Crippen LogP contribution in [0.1, 0.15) is 21.5 Å². The summed E-state index contributed by atoms with van der Waals surface area (Å²) in [5.74, 6) is 1.11. The van der Waals surface area contributed by atoms with Gasteiger partial charge in [0.25, 0.3) is 0 Å². The van der Waals surface area contributed by atoms with E-state index in [4.69, 9.17) is 9.47 Å². The van der Waals surface area contributed by atoms with Gasteiger partial charge in [-0.05, 0) is 17.7 Å². The minimum Gasteiger partial charge on any atom is -0.497 e. The number of ketones is 1. The molecule has 3 rings (SSSR count). The van der Waals surface area contributed by atoms with Gasteiger partial charge in [0.05, 0.1) is 12.7 Å². The second-order valence-electron chi connectivity index (χ2n) is 5.33. The Morgan fingerprint density at radius 1 is 0.875 bits per heavy atom. The second kappa shape index (κ2) is 7.47. The Morgan fingerprint density at radius 3 is 2.21 bits per heavy atom. The molecule has 0 radical (unpaired) electrons. The third-order valence-corrected chi connectivity index (χ3v) is 3.71. The molecule has 0 aliphatic rings. The summed E-state index contributed by atoms with van der Waals surface area (Å²) in [5, 5.41) is 0. The number of carbonyl (C=O) groups is 1. The fraction of sp³-hybridized carbons (Fsp3) is 0.0952. The largest absolute Gasteiger partial charge is 0.497 e. The smallest absolute Gasteiger partial charge is 0.196 e. The fourth-order valence-corrected chi connectivity index (χ4v) is 2.42. The van der Waals surface area contributed by atoms with Crippen molar-refractivity contribution in [1.29, 1.82) is 0 Å². The van der Waals surface area contributed by atoms with E-state index in [-0.39, 0.29) is 5.78 Å². The quantitative estimate of drug-likeness (QED) is 0.628. The maximum absolute atomic E-state index is 12.8. The van der Waals surface area contributed by atoms with Gasteiger partial charge in [0.15, 0.2) is 5.78 Å². The highest BCUT2D eigenvalue weighted by atomic mass is 16.5. The van der Waals surface area contributed by atoms with Crippen molar-refractivity contribution in [2.45, 2.75) is 6.61 Å². The number of rotatable bonds is 6. The molecule has 3 nitrogen and oxygen atoms in total. The first-order valence-corrected chi connectivity index (χ1v) is 7.72. The molecule has 0 heterocycles. The van der Waals surface area contributed by atoms with Gasteiger partial charge in [-0.25, -0.2) is 0 Å². The molecule has 120 valence electrons. The van der Waals surface area contributed by atoms with Crippen LogP contribution in [0.25, 0.3) is 0 Å². The van der Waals surface area contributed by atoms with Crippen LogP contribution in [0.15, 0.2) is 78.9 Å². The van der Waals surface area contributed by atoms with E-state index in [1.165, 1.54) is 0 Å². The Labute approximate surface area is 141 Å². The van der Waals surface area contributed by atoms with Gasteiger partial charge in [0, 0.05) is 11.6 Å². The predicted molar refractivity (Wildman–Crippen MR) is 93.6 cm³/mol. The maximum atomic E-state index is 12.8. The fourth-order valence-electron chi connectivity index (χ4n) is 2.42. The number of benzene rings is 3. The lowest BCUT2D eigenvalue weighted by molar-refractivity contribution is 0.103. The van der Waals surface area contributed by atoms with Crippen LogP contribution < -0.4 is 9.47 Å². The molecule has 0 aromatic heterocycles. The highest BCUT2D eigenvalue weighted by molar-refractivity contribution is 6.10. The molecule has 3 aromatic carbocycles. The van der Waals surface area contributed by atoms with Crippen molar-refractivity contribution in [3.05, 3.63) is 95.6 Å². The molecule has 3 heteroatoms. The van der Waals surface area contributed by atoms with Gasteiger partial charge in [-0.3, -0.25) is 4.79 Å². The van der Waals surface area contributed by atoms with E-state index < -0.39 is 0 Å². The van der Waals surface area contributed by atoms with Gasteiger partial charge in [0.2, 0.25) is 0 Å². The van der Waals surface area contributed by atoms with E-state index in [2.05, 4.69) is 0 Å². The Bertz CT molecular complexity index is 811. The molecule has 0 fully saturated rings. The van der Waals surface area contributed by atoms with Gasteiger partial charge in [-0.2, -0.15) is 0 Å². The normalized spacial score (nSPS) is 10.2. The summed E-state index contributed by atoms with van der Waals surface area (Å²) >= 11 is 0. The molecule has 0 saturated carbocycles. The van der Waals surface area contributed by atoms with Crippen molar-refractivity contribution in [2.24, 2.45) is 0 Å². The Balaban J connectivity index is 1.89. The number of hydrogen-bond acceptors (Lipinski definition) is 3. The van der Waals surface area contributed by atoms with Gasteiger partial charge >= 0.3 is 0 Å². The standard InChI is InChI=1S/C21H18O3/c1-23-18-12-13-19(21(22)17-10-6-3-7-11-17)20(14-18)24-15-16-8-4-2-5-9-16/h2-14H,15H2,1H3. The van der Waals surface area contributed by atoms with Crippen LogP contribution in [0.5, 0.6) is 11.5 Å². The molecular formula is C21H18O3. The lowest BCUT2D eigenvalue weighted by Crippen LogP contribution is -2.06. The summed E-state index contributed by atoms with van der Waals surface area (Å²) in [4.78, 5) is 12.8. The summed E-state index contributed by atoms with van der Waals surface area (Å²) < 4.78 is 11.2. The van der Waals surface area contributed by atoms with Crippen LogP contribution in [0, 0.1) is 0 Å². The van der Waals surface area contributed by atoms with E-state index in [0.717, 1.165) is 5.56 Å². The van der Waals surface area contributed by atoms with Crippen molar-refractivity contribution in [1.82, 2.24) is 0 Å².